The van der Waals surface area contributed by atoms with E-state index in [-0.39, 0.29) is 5.41 Å². The second-order valence-corrected chi connectivity index (χ2v) is 13.1. The average Bonchev–Trinajstić information content (AvgIpc) is 3.55. The van der Waals surface area contributed by atoms with Crippen molar-refractivity contribution in [3.63, 3.8) is 0 Å². The number of thiophene rings is 1. The van der Waals surface area contributed by atoms with Crippen LogP contribution in [-0.2, 0) is 5.41 Å². The van der Waals surface area contributed by atoms with Crippen molar-refractivity contribution in [2.45, 2.75) is 19.3 Å². The maximum absolute atomic E-state index is 2.54. The second kappa shape index (κ2) is 9.04. The van der Waals surface area contributed by atoms with E-state index in [4.69, 9.17) is 0 Å². The Hall–Kier alpha value is -4.92. The molecule has 2 heteroatoms. The quantitative estimate of drug-likeness (QED) is 0.205. The number of nitrogens with zero attached hydrogens (tertiary/aromatic N) is 1. The summed E-state index contributed by atoms with van der Waals surface area (Å²) >= 11 is 1.92. The molecule has 1 heterocycles. The molecule has 0 atom stereocenters. The SMILES string of the molecule is CC1(C)c2ccccc2-c2c(N(c3cccc4ccccc34)c3cccc4c3sc3c5ccccc5ccc43)cccc21. The first-order chi connectivity index (χ1) is 21.1. The van der Waals surface area contributed by atoms with Gasteiger partial charge >= 0.3 is 0 Å². The third kappa shape index (κ3) is 3.45. The molecule has 0 unspecified atom stereocenters. The predicted molar refractivity (Wildman–Crippen MR) is 187 cm³/mol. The Morgan fingerprint density at radius 3 is 1.91 bits per heavy atom. The van der Waals surface area contributed by atoms with Gasteiger partial charge in [-0.25, -0.2) is 0 Å². The average molecular weight is 568 g/mol. The first-order valence-corrected chi connectivity index (χ1v) is 15.8. The Kier molecular flexibility index (Phi) is 5.18. The topological polar surface area (TPSA) is 3.24 Å². The van der Waals surface area contributed by atoms with Gasteiger partial charge < -0.3 is 4.90 Å². The van der Waals surface area contributed by atoms with E-state index >= 15 is 0 Å². The number of rotatable bonds is 3. The minimum Gasteiger partial charge on any atom is -0.308 e. The molecule has 0 N–H and O–H groups in total. The van der Waals surface area contributed by atoms with Crippen molar-refractivity contribution >= 4 is 70.1 Å². The normalized spacial score (nSPS) is 13.5. The van der Waals surface area contributed by atoms with E-state index in [9.17, 15) is 0 Å². The largest absolute Gasteiger partial charge is 0.308 e. The Morgan fingerprint density at radius 2 is 1.02 bits per heavy atom. The van der Waals surface area contributed by atoms with Gasteiger partial charge in [0.25, 0.3) is 0 Å². The van der Waals surface area contributed by atoms with Crippen LogP contribution in [0.25, 0.3) is 52.8 Å². The molecule has 7 aromatic carbocycles. The standard InChI is InChI=1S/C41H29NS/c1-41(2)33-19-8-7-17-32(33)38-34(41)20-11-22-36(38)42(35-21-9-14-26-12-3-5-15-28(26)35)37-23-10-18-30-31-25-24-27-13-4-6-16-29(27)39(31)43-40(30)37/h3-25H,1-2H3. The molecule has 1 nitrogen and oxygen atoms in total. The summed E-state index contributed by atoms with van der Waals surface area (Å²) in [5.41, 5.74) is 9.00. The molecule has 9 rings (SSSR count). The number of hydrogen-bond acceptors (Lipinski definition) is 2. The molecule has 0 saturated heterocycles. The van der Waals surface area contributed by atoms with E-state index in [1.807, 2.05) is 11.3 Å². The third-order valence-corrected chi connectivity index (χ3v) is 10.7. The van der Waals surface area contributed by atoms with Crippen molar-refractivity contribution in [3.8, 4) is 11.1 Å². The van der Waals surface area contributed by atoms with Crippen molar-refractivity contribution in [1.29, 1.82) is 0 Å². The van der Waals surface area contributed by atoms with Crippen LogP contribution in [0.5, 0.6) is 0 Å². The molecule has 0 spiro atoms. The predicted octanol–water partition coefficient (Wildman–Crippen LogP) is 12.1. The molecule has 204 valence electrons. The molecule has 0 fully saturated rings. The van der Waals surface area contributed by atoms with Crippen LogP contribution in [0.2, 0.25) is 0 Å². The molecule has 0 saturated carbocycles. The zero-order valence-electron chi connectivity index (χ0n) is 24.1. The van der Waals surface area contributed by atoms with E-state index in [0.29, 0.717) is 0 Å². The zero-order chi connectivity index (χ0) is 28.7. The highest BCUT2D eigenvalue weighted by Gasteiger charge is 2.38. The second-order valence-electron chi connectivity index (χ2n) is 12.1. The lowest BCUT2D eigenvalue weighted by atomic mass is 9.82. The van der Waals surface area contributed by atoms with Crippen molar-refractivity contribution in [1.82, 2.24) is 0 Å². The Labute approximate surface area is 255 Å². The van der Waals surface area contributed by atoms with E-state index in [1.54, 1.807) is 0 Å². The summed E-state index contributed by atoms with van der Waals surface area (Å²) in [5, 5.41) is 7.73. The molecule has 1 aliphatic carbocycles. The lowest BCUT2D eigenvalue weighted by molar-refractivity contribution is 0.660. The van der Waals surface area contributed by atoms with Crippen LogP contribution in [0.15, 0.2) is 140 Å². The minimum absolute atomic E-state index is 0.0745. The zero-order valence-corrected chi connectivity index (χ0v) is 25.0. The summed E-state index contributed by atoms with van der Waals surface area (Å²) in [6.07, 6.45) is 0. The number of fused-ring (bicyclic) bond motifs is 9. The Bertz CT molecular complexity index is 2390. The summed E-state index contributed by atoms with van der Waals surface area (Å²) in [6.45, 7) is 4.73. The molecule has 1 aromatic heterocycles. The molecule has 1 aliphatic rings. The minimum atomic E-state index is -0.0745. The van der Waals surface area contributed by atoms with Crippen LogP contribution in [0, 0.1) is 0 Å². The molecule has 0 aliphatic heterocycles. The fourth-order valence-corrected chi connectivity index (χ4v) is 8.74. The number of anilines is 3. The van der Waals surface area contributed by atoms with Crippen LogP contribution in [0.1, 0.15) is 25.0 Å². The summed E-state index contributed by atoms with van der Waals surface area (Å²) in [7, 11) is 0. The molecular formula is C41H29NS. The molecule has 0 bridgehead atoms. The highest BCUT2D eigenvalue weighted by molar-refractivity contribution is 7.27. The van der Waals surface area contributed by atoms with E-state index in [0.717, 1.165) is 0 Å². The van der Waals surface area contributed by atoms with Crippen molar-refractivity contribution in [2.24, 2.45) is 0 Å². The van der Waals surface area contributed by atoms with Crippen LogP contribution in [-0.4, -0.2) is 0 Å². The highest BCUT2D eigenvalue weighted by Crippen LogP contribution is 2.56. The van der Waals surface area contributed by atoms with Crippen LogP contribution in [0.3, 0.4) is 0 Å². The van der Waals surface area contributed by atoms with Gasteiger partial charge in [0.1, 0.15) is 0 Å². The number of benzene rings is 7. The maximum Gasteiger partial charge on any atom is 0.0640 e. The van der Waals surface area contributed by atoms with Gasteiger partial charge in [0.15, 0.2) is 0 Å². The van der Waals surface area contributed by atoms with Crippen molar-refractivity contribution in [3.05, 3.63) is 151 Å². The maximum atomic E-state index is 2.54. The molecular weight excluding hydrogens is 539 g/mol. The molecule has 43 heavy (non-hydrogen) atoms. The van der Waals surface area contributed by atoms with Gasteiger partial charge in [-0.1, -0.05) is 135 Å². The smallest absolute Gasteiger partial charge is 0.0640 e. The molecule has 0 amide bonds. The Balaban J connectivity index is 1.42. The van der Waals surface area contributed by atoms with E-state index < -0.39 is 0 Å². The lowest BCUT2D eigenvalue weighted by Gasteiger charge is -2.30. The molecule has 0 radical (unpaired) electrons. The van der Waals surface area contributed by atoms with Gasteiger partial charge in [0.2, 0.25) is 0 Å². The van der Waals surface area contributed by atoms with Crippen LogP contribution in [0.4, 0.5) is 17.1 Å². The van der Waals surface area contributed by atoms with E-state index in [2.05, 4.69) is 158 Å². The van der Waals surface area contributed by atoms with Crippen molar-refractivity contribution < 1.29 is 0 Å². The summed E-state index contributed by atoms with van der Waals surface area (Å²) < 4.78 is 2.66. The van der Waals surface area contributed by atoms with Gasteiger partial charge in [0.05, 0.1) is 21.8 Å². The fraction of sp³-hybridized carbons (Fsp3) is 0.0732. The summed E-state index contributed by atoms with van der Waals surface area (Å²) in [6, 6.07) is 51.5. The highest BCUT2D eigenvalue weighted by atomic mass is 32.1. The third-order valence-electron chi connectivity index (χ3n) is 9.44. The Morgan fingerprint density at radius 1 is 0.442 bits per heavy atom. The van der Waals surface area contributed by atoms with Gasteiger partial charge in [0, 0.05) is 31.8 Å². The van der Waals surface area contributed by atoms with Crippen molar-refractivity contribution in [2.75, 3.05) is 4.90 Å². The monoisotopic (exact) mass is 567 g/mol. The summed E-state index contributed by atoms with van der Waals surface area (Å²) in [5.74, 6) is 0. The first-order valence-electron chi connectivity index (χ1n) is 15.0. The van der Waals surface area contributed by atoms with Gasteiger partial charge in [-0.15, -0.1) is 11.3 Å². The van der Waals surface area contributed by atoms with Gasteiger partial charge in [-0.05, 0) is 51.0 Å². The van der Waals surface area contributed by atoms with Crippen LogP contribution < -0.4 is 4.90 Å². The molecule has 8 aromatic rings. The van der Waals surface area contributed by atoms with Crippen LogP contribution >= 0.6 is 11.3 Å². The van der Waals surface area contributed by atoms with Gasteiger partial charge in [-0.3, -0.25) is 0 Å². The van der Waals surface area contributed by atoms with Gasteiger partial charge in [-0.2, -0.15) is 0 Å². The fourth-order valence-electron chi connectivity index (χ4n) is 7.40. The number of hydrogen-bond donors (Lipinski definition) is 0. The lowest BCUT2D eigenvalue weighted by Crippen LogP contribution is -2.16. The first kappa shape index (κ1) is 24.7. The summed E-state index contributed by atoms with van der Waals surface area (Å²) in [4.78, 5) is 2.54. The van der Waals surface area contributed by atoms with E-state index in [1.165, 1.54) is 81.0 Å².